The highest BCUT2D eigenvalue weighted by atomic mass is 16.4. The van der Waals surface area contributed by atoms with E-state index >= 15 is 0 Å². The van der Waals surface area contributed by atoms with Gasteiger partial charge in [0.25, 0.3) is 0 Å². The third kappa shape index (κ3) is 3.89. The highest BCUT2D eigenvalue weighted by Crippen LogP contribution is 2.08. The molecule has 0 spiro atoms. The van der Waals surface area contributed by atoms with Crippen LogP contribution in [0.5, 0.6) is 0 Å². The average Bonchev–Trinajstić information content (AvgIpc) is 2.30. The summed E-state index contributed by atoms with van der Waals surface area (Å²) in [5.74, 6) is -2.92. The van der Waals surface area contributed by atoms with Gasteiger partial charge in [0.15, 0.2) is 0 Å². The minimum atomic E-state index is -1.17. The van der Waals surface area contributed by atoms with Crippen molar-refractivity contribution in [1.29, 1.82) is 0 Å². The van der Waals surface area contributed by atoms with Crippen LogP contribution in [0.1, 0.15) is 5.56 Å². The Balaban J connectivity index is 2.62. The molecule has 18 heavy (non-hydrogen) atoms. The molecule has 96 valence electrons. The highest BCUT2D eigenvalue weighted by Gasteiger charge is 2.20. The molecule has 0 unspecified atom stereocenters. The van der Waals surface area contributed by atoms with Crippen molar-refractivity contribution >= 4 is 23.5 Å². The van der Waals surface area contributed by atoms with Gasteiger partial charge in [-0.2, -0.15) is 0 Å². The number of rotatable bonds is 3. The van der Waals surface area contributed by atoms with E-state index in [0.717, 1.165) is 10.5 Å². The molecule has 2 N–H and O–H groups in total. The maximum absolute atomic E-state index is 11.5. The number of nitrogens with one attached hydrogen (secondary N) is 1. The van der Waals surface area contributed by atoms with Crippen LogP contribution in [0.2, 0.25) is 0 Å². The summed E-state index contributed by atoms with van der Waals surface area (Å²) in [7, 11) is 1.26. The Bertz CT molecular complexity index is 467. The van der Waals surface area contributed by atoms with Gasteiger partial charge in [-0.25, -0.2) is 0 Å². The van der Waals surface area contributed by atoms with Crippen LogP contribution in [0.25, 0.3) is 0 Å². The summed E-state index contributed by atoms with van der Waals surface area (Å²) in [6, 6.07) is 6.91. The van der Waals surface area contributed by atoms with Crippen molar-refractivity contribution in [2.24, 2.45) is 0 Å². The van der Waals surface area contributed by atoms with Crippen LogP contribution in [-0.4, -0.2) is 41.4 Å². The van der Waals surface area contributed by atoms with E-state index in [4.69, 9.17) is 5.11 Å². The van der Waals surface area contributed by atoms with Crippen molar-refractivity contribution in [1.82, 2.24) is 4.90 Å². The Labute approximate surface area is 104 Å². The third-order valence-electron chi connectivity index (χ3n) is 2.22. The van der Waals surface area contributed by atoms with Gasteiger partial charge < -0.3 is 15.3 Å². The molecule has 0 saturated heterocycles. The fraction of sp³-hybridized carbons (Fsp3) is 0.250. The van der Waals surface area contributed by atoms with E-state index in [-0.39, 0.29) is 0 Å². The Morgan fingerprint density at radius 1 is 1.22 bits per heavy atom. The monoisotopic (exact) mass is 250 g/mol. The summed E-state index contributed by atoms with van der Waals surface area (Å²) >= 11 is 0. The van der Waals surface area contributed by atoms with E-state index in [9.17, 15) is 14.4 Å². The number of carboxylic acids is 1. The average molecular weight is 250 g/mol. The standard InChI is InChI=1S/C12H14N2O4/c1-8-3-5-9(6-4-8)13-11(17)12(18)14(2)7-10(15)16/h3-6H,7H2,1-2H3,(H,13,17)(H,15,16). The first-order valence-corrected chi connectivity index (χ1v) is 5.25. The number of carboxylic acid groups (broad SMARTS) is 1. The molecule has 0 aliphatic carbocycles. The van der Waals surface area contributed by atoms with Gasteiger partial charge >= 0.3 is 17.8 Å². The number of anilines is 1. The van der Waals surface area contributed by atoms with Crippen molar-refractivity contribution in [3.8, 4) is 0 Å². The van der Waals surface area contributed by atoms with Gasteiger partial charge in [0.2, 0.25) is 0 Å². The van der Waals surface area contributed by atoms with Gasteiger partial charge in [-0.05, 0) is 19.1 Å². The van der Waals surface area contributed by atoms with Crippen LogP contribution in [0.3, 0.4) is 0 Å². The van der Waals surface area contributed by atoms with E-state index in [1.807, 2.05) is 6.92 Å². The fourth-order valence-electron chi connectivity index (χ4n) is 1.27. The molecule has 0 radical (unpaired) electrons. The van der Waals surface area contributed by atoms with Crippen molar-refractivity contribution in [2.75, 3.05) is 18.9 Å². The summed E-state index contributed by atoms with van der Waals surface area (Å²) < 4.78 is 0. The predicted octanol–water partition coefficient (Wildman–Crippen LogP) is 0.477. The number of hydrogen-bond acceptors (Lipinski definition) is 3. The van der Waals surface area contributed by atoms with E-state index in [1.54, 1.807) is 24.3 Å². The van der Waals surface area contributed by atoms with E-state index < -0.39 is 24.3 Å². The lowest BCUT2D eigenvalue weighted by atomic mass is 10.2. The topological polar surface area (TPSA) is 86.7 Å². The number of aryl methyl sites for hydroxylation is 1. The minimum Gasteiger partial charge on any atom is -0.480 e. The molecule has 1 aromatic carbocycles. The maximum atomic E-state index is 11.5. The van der Waals surface area contributed by atoms with Crippen molar-refractivity contribution in [3.05, 3.63) is 29.8 Å². The summed E-state index contributed by atoms with van der Waals surface area (Å²) in [6.45, 7) is 1.39. The number of nitrogens with zero attached hydrogens (tertiary/aromatic N) is 1. The number of carbonyl (C=O) groups excluding carboxylic acids is 2. The quantitative estimate of drug-likeness (QED) is 0.764. The van der Waals surface area contributed by atoms with E-state index in [1.165, 1.54) is 7.05 Å². The van der Waals surface area contributed by atoms with Crippen LogP contribution in [0.15, 0.2) is 24.3 Å². The van der Waals surface area contributed by atoms with Gasteiger partial charge in [0.05, 0.1) is 0 Å². The first-order chi connectivity index (χ1) is 8.40. The van der Waals surface area contributed by atoms with Crippen LogP contribution < -0.4 is 5.32 Å². The van der Waals surface area contributed by atoms with Gasteiger partial charge in [0.1, 0.15) is 6.54 Å². The third-order valence-corrected chi connectivity index (χ3v) is 2.22. The van der Waals surface area contributed by atoms with Gasteiger partial charge in [-0.3, -0.25) is 14.4 Å². The number of aliphatic carboxylic acids is 1. The van der Waals surface area contributed by atoms with Crippen LogP contribution >= 0.6 is 0 Å². The van der Waals surface area contributed by atoms with Crippen LogP contribution in [-0.2, 0) is 14.4 Å². The second kappa shape index (κ2) is 5.81. The van der Waals surface area contributed by atoms with Crippen molar-refractivity contribution in [3.63, 3.8) is 0 Å². The number of amides is 2. The molecule has 6 nitrogen and oxygen atoms in total. The number of benzene rings is 1. The largest absolute Gasteiger partial charge is 0.480 e. The molecule has 1 aromatic rings. The maximum Gasteiger partial charge on any atom is 0.323 e. The molecule has 0 aromatic heterocycles. The number of carbonyl (C=O) groups is 3. The summed E-state index contributed by atoms with van der Waals surface area (Å²) in [6.07, 6.45) is 0. The van der Waals surface area contributed by atoms with Gasteiger partial charge in [0, 0.05) is 12.7 Å². The van der Waals surface area contributed by atoms with Crippen molar-refractivity contribution in [2.45, 2.75) is 6.92 Å². The predicted molar refractivity (Wildman–Crippen MR) is 65.1 cm³/mol. The fourth-order valence-corrected chi connectivity index (χ4v) is 1.27. The second-order valence-corrected chi connectivity index (χ2v) is 3.88. The molecule has 6 heteroatoms. The zero-order valence-electron chi connectivity index (χ0n) is 10.1. The molecule has 0 atom stereocenters. The summed E-state index contributed by atoms with van der Waals surface area (Å²) in [5.41, 5.74) is 1.52. The lowest BCUT2D eigenvalue weighted by molar-refractivity contribution is -0.147. The lowest BCUT2D eigenvalue weighted by Crippen LogP contribution is -2.39. The Morgan fingerprint density at radius 3 is 2.28 bits per heavy atom. The second-order valence-electron chi connectivity index (χ2n) is 3.88. The Morgan fingerprint density at radius 2 is 1.78 bits per heavy atom. The molecule has 2 amide bonds. The Hall–Kier alpha value is -2.37. The molecular formula is C12H14N2O4. The molecule has 0 saturated carbocycles. The number of likely N-dealkylation sites (N-methyl/N-ethyl adjacent to an activating group) is 1. The molecule has 0 aliphatic rings. The van der Waals surface area contributed by atoms with Crippen LogP contribution in [0.4, 0.5) is 5.69 Å². The molecule has 0 bridgehead atoms. The molecule has 0 heterocycles. The number of hydrogen-bond donors (Lipinski definition) is 2. The normalized spacial score (nSPS) is 9.67. The summed E-state index contributed by atoms with van der Waals surface area (Å²) in [4.78, 5) is 34.3. The molecule has 0 aliphatic heterocycles. The first-order valence-electron chi connectivity index (χ1n) is 5.25. The molecule has 0 fully saturated rings. The van der Waals surface area contributed by atoms with Gasteiger partial charge in [-0.1, -0.05) is 17.7 Å². The van der Waals surface area contributed by atoms with Gasteiger partial charge in [-0.15, -0.1) is 0 Å². The lowest BCUT2D eigenvalue weighted by Gasteiger charge is -2.13. The highest BCUT2D eigenvalue weighted by molar-refractivity contribution is 6.39. The smallest absolute Gasteiger partial charge is 0.323 e. The first kappa shape index (κ1) is 13.7. The van der Waals surface area contributed by atoms with E-state index in [2.05, 4.69) is 5.32 Å². The zero-order chi connectivity index (χ0) is 13.7. The SMILES string of the molecule is Cc1ccc(NC(=O)C(=O)N(C)CC(=O)O)cc1. The molecule has 1 rings (SSSR count). The van der Waals surface area contributed by atoms with Crippen molar-refractivity contribution < 1.29 is 19.5 Å². The Kier molecular flexibility index (Phi) is 4.42. The minimum absolute atomic E-state index is 0.489. The summed E-state index contributed by atoms with van der Waals surface area (Å²) in [5, 5.41) is 10.9. The van der Waals surface area contributed by atoms with Crippen LogP contribution in [0, 0.1) is 6.92 Å². The zero-order valence-corrected chi connectivity index (χ0v) is 10.1. The van der Waals surface area contributed by atoms with E-state index in [0.29, 0.717) is 5.69 Å². The molecular weight excluding hydrogens is 236 g/mol.